The van der Waals surface area contributed by atoms with Crippen LogP contribution in [0.3, 0.4) is 0 Å². The Morgan fingerprint density at radius 1 is 1.55 bits per heavy atom. The summed E-state index contributed by atoms with van der Waals surface area (Å²) >= 11 is 0. The number of carbonyl (C=O) groups excluding carboxylic acids is 1. The van der Waals surface area contributed by atoms with Crippen LogP contribution in [-0.2, 0) is 16.1 Å². The molecule has 1 aromatic heterocycles. The molecule has 5 nitrogen and oxygen atoms in total. The second-order valence-corrected chi connectivity index (χ2v) is 5.28. The minimum absolute atomic E-state index is 0.0526. The largest absolute Gasteiger partial charge is 0.383 e. The number of nitrogens with zero attached hydrogens (tertiary/aromatic N) is 2. The lowest BCUT2D eigenvalue weighted by molar-refractivity contribution is -0.138. The molecule has 0 bridgehead atoms. The Balaban J connectivity index is 2.00. The minimum Gasteiger partial charge on any atom is -0.383 e. The molecule has 0 aliphatic carbocycles. The van der Waals surface area contributed by atoms with Gasteiger partial charge >= 0.3 is 0 Å². The van der Waals surface area contributed by atoms with Gasteiger partial charge in [0.05, 0.1) is 18.8 Å². The fourth-order valence-corrected chi connectivity index (χ4v) is 2.31. The summed E-state index contributed by atoms with van der Waals surface area (Å²) < 4.78 is 5.11. The Morgan fingerprint density at radius 3 is 2.90 bits per heavy atom. The van der Waals surface area contributed by atoms with Crippen molar-refractivity contribution in [3.05, 3.63) is 30.1 Å². The number of hydrogen-bond donors (Lipinski definition) is 1. The van der Waals surface area contributed by atoms with E-state index in [0.29, 0.717) is 25.6 Å². The molecular weight excluding hydrogens is 254 g/mol. The third kappa shape index (κ3) is 3.77. The van der Waals surface area contributed by atoms with Crippen LogP contribution in [0.4, 0.5) is 0 Å². The maximum Gasteiger partial charge on any atom is 0.226 e. The third-order valence-electron chi connectivity index (χ3n) is 3.87. The van der Waals surface area contributed by atoms with Crippen LogP contribution in [0.2, 0.25) is 0 Å². The van der Waals surface area contributed by atoms with E-state index in [0.717, 1.165) is 18.8 Å². The van der Waals surface area contributed by atoms with Crippen molar-refractivity contribution < 1.29 is 9.53 Å². The van der Waals surface area contributed by atoms with Crippen LogP contribution in [0, 0.1) is 11.8 Å². The van der Waals surface area contributed by atoms with Gasteiger partial charge in [0.15, 0.2) is 0 Å². The molecule has 0 aromatic carbocycles. The molecule has 2 heterocycles. The van der Waals surface area contributed by atoms with E-state index in [2.05, 4.69) is 10.3 Å². The summed E-state index contributed by atoms with van der Waals surface area (Å²) in [6.45, 7) is 5.60. The average Bonchev–Trinajstić information content (AvgIpc) is 2.42. The fraction of sp³-hybridized carbons (Fsp3) is 0.600. The van der Waals surface area contributed by atoms with E-state index in [1.807, 2.05) is 30.0 Å². The van der Waals surface area contributed by atoms with Crippen molar-refractivity contribution in [1.82, 2.24) is 15.2 Å². The molecule has 110 valence electrons. The molecule has 20 heavy (non-hydrogen) atoms. The quantitative estimate of drug-likeness (QED) is 0.805. The highest BCUT2D eigenvalue weighted by Gasteiger charge is 2.31. The van der Waals surface area contributed by atoms with Crippen LogP contribution in [0.15, 0.2) is 24.4 Å². The number of amides is 1. The molecule has 1 unspecified atom stereocenters. The summed E-state index contributed by atoms with van der Waals surface area (Å²) in [5, 5.41) is 3.22. The van der Waals surface area contributed by atoms with Crippen molar-refractivity contribution in [2.75, 3.05) is 33.4 Å². The zero-order valence-electron chi connectivity index (χ0n) is 12.2. The van der Waals surface area contributed by atoms with Gasteiger partial charge in [-0.05, 0) is 31.1 Å². The first-order valence-electron chi connectivity index (χ1n) is 7.10. The first-order chi connectivity index (χ1) is 9.72. The van der Waals surface area contributed by atoms with Crippen LogP contribution in [0.25, 0.3) is 0 Å². The Hall–Kier alpha value is -1.46. The fourth-order valence-electron chi connectivity index (χ4n) is 2.31. The van der Waals surface area contributed by atoms with Crippen LogP contribution < -0.4 is 5.32 Å². The lowest BCUT2D eigenvalue weighted by Crippen LogP contribution is -2.50. The Labute approximate surface area is 120 Å². The van der Waals surface area contributed by atoms with Crippen LogP contribution >= 0.6 is 0 Å². The number of pyridine rings is 1. The summed E-state index contributed by atoms with van der Waals surface area (Å²) in [5.41, 5.74) is 0.913. The zero-order chi connectivity index (χ0) is 14.4. The number of ether oxygens (including phenoxy) is 1. The molecule has 2 rings (SSSR count). The monoisotopic (exact) mass is 277 g/mol. The Morgan fingerprint density at radius 2 is 2.35 bits per heavy atom. The average molecular weight is 277 g/mol. The molecule has 0 spiro atoms. The van der Waals surface area contributed by atoms with E-state index < -0.39 is 0 Å². The number of methoxy groups -OCH3 is 1. The van der Waals surface area contributed by atoms with Crippen molar-refractivity contribution in [1.29, 1.82) is 0 Å². The van der Waals surface area contributed by atoms with Gasteiger partial charge in [-0.25, -0.2) is 0 Å². The predicted molar refractivity (Wildman–Crippen MR) is 77.1 cm³/mol. The summed E-state index contributed by atoms with van der Waals surface area (Å²) in [6.07, 6.45) is 1.76. The van der Waals surface area contributed by atoms with Crippen molar-refractivity contribution >= 4 is 5.91 Å². The highest BCUT2D eigenvalue weighted by Crippen LogP contribution is 2.19. The zero-order valence-corrected chi connectivity index (χ0v) is 12.2. The summed E-state index contributed by atoms with van der Waals surface area (Å²) in [5.74, 6) is 0.701. The normalized spacial score (nSPS) is 16.5. The predicted octanol–water partition coefficient (Wildman–Crippen LogP) is 0.912. The molecule has 1 aromatic rings. The number of carbonyl (C=O) groups is 1. The molecule has 0 radical (unpaired) electrons. The molecule has 5 heteroatoms. The van der Waals surface area contributed by atoms with Gasteiger partial charge < -0.3 is 15.0 Å². The van der Waals surface area contributed by atoms with E-state index >= 15 is 0 Å². The van der Waals surface area contributed by atoms with Crippen molar-refractivity contribution in [2.45, 2.75) is 13.5 Å². The Bertz CT molecular complexity index is 420. The minimum atomic E-state index is 0.0526. The van der Waals surface area contributed by atoms with E-state index in [4.69, 9.17) is 4.74 Å². The second kappa shape index (κ2) is 7.36. The molecule has 1 N–H and O–H groups in total. The van der Waals surface area contributed by atoms with Gasteiger partial charge in [0, 0.05) is 25.8 Å². The summed E-state index contributed by atoms with van der Waals surface area (Å²) in [4.78, 5) is 18.8. The van der Waals surface area contributed by atoms with E-state index in [9.17, 15) is 4.79 Å². The van der Waals surface area contributed by atoms with Crippen molar-refractivity contribution in [3.8, 4) is 0 Å². The lowest BCUT2D eigenvalue weighted by atomic mass is 9.88. The van der Waals surface area contributed by atoms with Crippen molar-refractivity contribution in [2.24, 2.45) is 11.8 Å². The Kier molecular flexibility index (Phi) is 5.49. The molecule has 1 fully saturated rings. The summed E-state index contributed by atoms with van der Waals surface area (Å²) in [7, 11) is 1.66. The third-order valence-corrected chi connectivity index (χ3v) is 3.87. The number of aromatic nitrogens is 1. The highest BCUT2D eigenvalue weighted by molar-refractivity contribution is 5.79. The van der Waals surface area contributed by atoms with Gasteiger partial charge in [-0.15, -0.1) is 0 Å². The SMILES string of the molecule is COCCN(Cc1ccccn1)C(=O)C(C)C1CNC1. The van der Waals surface area contributed by atoms with Gasteiger partial charge in [0.2, 0.25) is 5.91 Å². The topological polar surface area (TPSA) is 54.5 Å². The van der Waals surface area contributed by atoms with E-state index in [1.165, 1.54) is 0 Å². The molecule has 1 aliphatic rings. The highest BCUT2D eigenvalue weighted by atomic mass is 16.5. The molecule has 1 atom stereocenters. The smallest absolute Gasteiger partial charge is 0.226 e. The van der Waals surface area contributed by atoms with Crippen LogP contribution in [0.5, 0.6) is 0 Å². The number of hydrogen-bond acceptors (Lipinski definition) is 4. The standard InChI is InChI=1S/C15H23N3O2/c1-12(13-9-16-10-13)15(19)18(7-8-20-2)11-14-5-3-4-6-17-14/h3-6,12-13,16H,7-11H2,1-2H3. The molecule has 1 amide bonds. The van der Waals surface area contributed by atoms with Crippen LogP contribution in [0.1, 0.15) is 12.6 Å². The first kappa shape index (κ1) is 14.9. The molecule has 1 saturated heterocycles. The maximum atomic E-state index is 12.6. The van der Waals surface area contributed by atoms with E-state index in [1.54, 1.807) is 13.3 Å². The van der Waals surface area contributed by atoms with Gasteiger partial charge in [0.1, 0.15) is 0 Å². The first-order valence-corrected chi connectivity index (χ1v) is 7.10. The van der Waals surface area contributed by atoms with Gasteiger partial charge in [-0.1, -0.05) is 13.0 Å². The molecule has 0 saturated carbocycles. The lowest BCUT2D eigenvalue weighted by Gasteiger charge is -2.35. The van der Waals surface area contributed by atoms with E-state index in [-0.39, 0.29) is 11.8 Å². The van der Waals surface area contributed by atoms with Gasteiger partial charge in [-0.3, -0.25) is 9.78 Å². The van der Waals surface area contributed by atoms with Crippen molar-refractivity contribution in [3.63, 3.8) is 0 Å². The van der Waals surface area contributed by atoms with Crippen LogP contribution in [-0.4, -0.2) is 49.1 Å². The summed E-state index contributed by atoms with van der Waals surface area (Å²) in [6, 6.07) is 5.77. The number of nitrogens with one attached hydrogen (secondary N) is 1. The van der Waals surface area contributed by atoms with Gasteiger partial charge in [-0.2, -0.15) is 0 Å². The van der Waals surface area contributed by atoms with Gasteiger partial charge in [0.25, 0.3) is 0 Å². The number of rotatable bonds is 7. The maximum absolute atomic E-state index is 12.6. The second-order valence-electron chi connectivity index (χ2n) is 5.28. The molecule has 1 aliphatic heterocycles. The molecular formula is C15H23N3O2.